The van der Waals surface area contributed by atoms with Crippen LogP contribution >= 0.6 is 0 Å². The Kier molecular flexibility index (Phi) is 5.76. The summed E-state index contributed by atoms with van der Waals surface area (Å²) in [6.45, 7) is 3.00. The van der Waals surface area contributed by atoms with E-state index in [1.807, 2.05) is 44.3 Å². The van der Waals surface area contributed by atoms with E-state index in [-0.39, 0.29) is 11.7 Å². The molecule has 0 atom stereocenters. The maximum atomic E-state index is 12.9. The van der Waals surface area contributed by atoms with Crippen LogP contribution in [-0.2, 0) is 11.0 Å². The van der Waals surface area contributed by atoms with Crippen molar-refractivity contribution in [2.45, 2.75) is 19.5 Å². The van der Waals surface area contributed by atoms with Gasteiger partial charge in [0.2, 0.25) is 5.95 Å². The maximum absolute atomic E-state index is 12.9. The minimum atomic E-state index is -4.53. The number of benzene rings is 1. The molecule has 0 aliphatic carbocycles. The molecule has 1 N–H and O–H groups in total. The first-order valence-electron chi connectivity index (χ1n) is 9.06. The normalized spacial score (nSPS) is 16.3. The van der Waals surface area contributed by atoms with Crippen LogP contribution in [0.1, 0.15) is 17.7 Å². The highest BCUT2D eigenvalue weighted by Crippen LogP contribution is 2.30. The Labute approximate surface area is 167 Å². The number of alkyl halides is 3. The minimum Gasteiger partial charge on any atom is -0.383 e. The van der Waals surface area contributed by atoms with E-state index in [1.54, 1.807) is 6.07 Å². The van der Waals surface area contributed by atoms with Gasteiger partial charge in [0.05, 0.1) is 0 Å². The minimum absolute atomic E-state index is 0.124. The van der Waals surface area contributed by atoms with E-state index in [0.29, 0.717) is 25.2 Å². The third-order valence-electron chi connectivity index (χ3n) is 4.49. The second-order valence-electron chi connectivity index (χ2n) is 7.10. The molecule has 0 spiro atoms. The molecule has 2 aromatic rings. The zero-order chi connectivity index (χ0) is 21.2. The summed E-state index contributed by atoms with van der Waals surface area (Å²) in [5, 5.41) is 2.84. The monoisotopic (exact) mass is 405 g/mol. The van der Waals surface area contributed by atoms with Crippen molar-refractivity contribution in [2.24, 2.45) is 0 Å². The summed E-state index contributed by atoms with van der Waals surface area (Å²) < 4.78 is 38.6. The lowest BCUT2D eigenvalue weighted by Crippen LogP contribution is -2.36. The molecule has 1 aliphatic rings. The number of carbonyl (C=O) groups excluding carboxylic acids is 1. The summed E-state index contributed by atoms with van der Waals surface area (Å²) in [4.78, 5) is 23.5. The van der Waals surface area contributed by atoms with Gasteiger partial charge in [-0.05, 0) is 30.7 Å². The summed E-state index contributed by atoms with van der Waals surface area (Å²) in [6, 6.07) is 6.29. The van der Waals surface area contributed by atoms with Crippen LogP contribution in [-0.4, -0.2) is 47.8 Å². The van der Waals surface area contributed by atoms with Gasteiger partial charge in [0, 0.05) is 63.0 Å². The van der Waals surface area contributed by atoms with Crippen molar-refractivity contribution in [1.29, 1.82) is 0 Å². The first-order chi connectivity index (χ1) is 13.6. The smallest absolute Gasteiger partial charge is 0.383 e. The number of nitrogens with zero attached hydrogens (tertiary/aromatic N) is 4. The molecule has 3 rings (SSSR count). The molecule has 0 bridgehead atoms. The second-order valence-corrected chi connectivity index (χ2v) is 7.10. The van der Waals surface area contributed by atoms with Crippen LogP contribution in [0.5, 0.6) is 0 Å². The zero-order valence-electron chi connectivity index (χ0n) is 16.4. The second kappa shape index (κ2) is 8.10. The van der Waals surface area contributed by atoms with Gasteiger partial charge >= 0.3 is 6.18 Å². The highest BCUT2D eigenvalue weighted by Gasteiger charge is 2.32. The average molecular weight is 405 g/mol. The highest BCUT2D eigenvalue weighted by atomic mass is 19.4. The number of nitrogens with one attached hydrogen (secondary N) is 1. The van der Waals surface area contributed by atoms with Gasteiger partial charge in [-0.1, -0.05) is 6.07 Å². The molecule has 1 saturated heterocycles. The van der Waals surface area contributed by atoms with Gasteiger partial charge in [0.1, 0.15) is 5.69 Å². The number of halogens is 3. The molecule has 29 heavy (non-hydrogen) atoms. The van der Waals surface area contributed by atoms with Gasteiger partial charge in [0.25, 0.3) is 0 Å². The van der Waals surface area contributed by atoms with Crippen molar-refractivity contribution in [3.05, 3.63) is 53.5 Å². The largest absolute Gasteiger partial charge is 0.433 e. The van der Waals surface area contributed by atoms with Gasteiger partial charge in [-0.25, -0.2) is 9.97 Å². The maximum Gasteiger partial charge on any atom is 0.433 e. The van der Waals surface area contributed by atoms with E-state index in [4.69, 9.17) is 0 Å². The lowest BCUT2D eigenvalue weighted by molar-refractivity contribution is -0.141. The first kappa shape index (κ1) is 20.6. The molecule has 1 fully saturated rings. The molecule has 0 unspecified atom stereocenters. The number of hydrogen-bond acceptors (Lipinski definition) is 6. The molecule has 6 nitrogen and oxygen atoms in total. The van der Waals surface area contributed by atoms with Crippen molar-refractivity contribution in [2.75, 3.05) is 37.4 Å². The van der Waals surface area contributed by atoms with Crippen LogP contribution in [0, 0.1) is 6.92 Å². The highest BCUT2D eigenvalue weighted by molar-refractivity contribution is 5.97. The zero-order valence-corrected chi connectivity index (χ0v) is 16.4. The SMILES string of the molecule is Cc1ccc(Nc2nccc(C(F)(F)F)n2)cc1N1CCC(=O)/C(=C/N(C)C)C1. The summed E-state index contributed by atoms with van der Waals surface area (Å²) in [5.74, 6) is -0.00380. The summed E-state index contributed by atoms with van der Waals surface area (Å²) in [7, 11) is 3.73. The van der Waals surface area contributed by atoms with Crippen LogP contribution in [0.2, 0.25) is 0 Å². The number of carbonyl (C=O) groups is 1. The molecule has 1 aliphatic heterocycles. The third-order valence-corrected chi connectivity index (χ3v) is 4.49. The van der Waals surface area contributed by atoms with E-state index >= 15 is 0 Å². The first-order valence-corrected chi connectivity index (χ1v) is 9.06. The van der Waals surface area contributed by atoms with Crippen LogP contribution in [0.25, 0.3) is 0 Å². The fraction of sp³-hybridized carbons (Fsp3) is 0.350. The number of ketones is 1. The Morgan fingerprint density at radius 1 is 1.24 bits per heavy atom. The van der Waals surface area contributed by atoms with Gasteiger partial charge in [0.15, 0.2) is 5.78 Å². The number of Topliss-reactive ketones (excluding diaryl/α,β-unsaturated/α-hetero) is 1. The predicted molar refractivity (Wildman–Crippen MR) is 105 cm³/mol. The molecule has 0 amide bonds. The molecule has 1 aromatic heterocycles. The number of hydrogen-bond donors (Lipinski definition) is 1. The van der Waals surface area contributed by atoms with Crippen LogP contribution < -0.4 is 10.2 Å². The number of aromatic nitrogens is 2. The summed E-state index contributed by atoms with van der Waals surface area (Å²) in [5.41, 5.74) is 2.19. The molecule has 1 aromatic carbocycles. The number of aryl methyl sites for hydroxylation is 1. The molecular weight excluding hydrogens is 383 g/mol. The Morgan fingerprint density at radius 2 is 2.00 bits per heavy atom. The number of piperidine rings is 1. The van der Waals surface area contributed by atoms with E-state index in [2.05, 4.69) is 20.2 Å². The van der Waals surface area contributed by atoms with Gasteiger partial charge in [-0.3, -0.25) is 4.79 Å². The Morgan fingerprint density at radius 3 is 2.69 bits per heavy atom. The molecule has 9 heteroatoms. The quantitative estimate of drug-likeness (QED) is 0.782. The fourth-order valence-electron chi connectivity index (χ4n) is 3.13. The van der Waals surface area contributed by atoms with Crippen LogP contribution in [0.3, 0.4) is 0 Å². The topological polar surface area (TPSA) is 61.4 Å². The van der Waals surface area contributed by atoms with Crippen molar-refractivity contribution in [1.82, 2.24) is 14.9 Å². The van der Waals surface area contributed by atoms with Crippen LogP contribution in [0.4, 0.5) is 30.5 Å². The number of anilines is 3. The lowest BCUT2D eigenvalue weighted by Gasteiger charge is -2.32. The molecule has 2 heterocycles. The lowest BCUT2D eigenvalue weighted by atomic mass is 10.0. The fourth-order valence-corrected chi connectivity index (χ4v) is 3.13. The van der Waals surface area contributed by atoms with Crippen LogP contribution in [0.15, 0.2) is 42.2 Å². The molecule has 154 valence electrons. The Bertz CT molecular complexity index is 940. The average Bonchev–Trinajstić information content (AvgIpc) is 2.64. The van der Waals surface area contributed by atoms with Crippen molar-refractivity contribution >= 4 is 23.1 Å². The van der Waals surface area contributed by atoms with Crippen molar-refractivity contribution in [3.63, 3.8) is 0 Å². The van der Waals surface area contributed by atoms with Crippen molar-refractivity contribution < 1.29 is 18.0 Å². The van der Waals surface area contributed by atoms with Gasteiger partial charge in [-0.2, -0.15) is 13.2 Å². The molecular formula is C20H22F3N5O. The predicted octanol–water partition coefficient (Wildman–Crippen LogP) is 3.77. The number of rotatable bonds is 4. The van der Waals surface area contributed by atoms with Crippen molar-refractivity contribution in [3.8, 4) is 0 Å². The third kappa shape index (κ3) is 5.04. The Balaban J connectivity index is 1.85. The van der Waals surface area contributed by atoms with E-state index in [9.17, 15) is 18.0 Å². The molecule has 0 radical (unpaired) electrons. The van der Waals surface area contributed by atoms with Gasteiger partial charge in [-0.15, -0.1) is 0 Å². The van der Waals surface area contributed by atoms with E-state index in [0.717, 1.165) is 29.1 Å². The standard InChI is InChI=1S/C20H22F3N5O/c1-13-4-5-15(25-19-24-8-6-18(26-19)20(21,22)23)10-16(13)28-9-7-17(29)14(12-28)11-27(2)3/h4-6,8,10-11H,7,9,12H2,1-3H3,(H,24,25,26)/b14-11+. The summed E-state index contributed by atoms with van der Waals surface area (Å²) >= 11 is 0. The molecule has 0 saturated carbocycles. The Hall–Kier alpha value is -3.10. The van der Waals surface area contributed by atoms with Gasteiger partial charge < -0.3 is 15.1 Å². The van der Waals surface area contributed by atoms with E-state index in [1.165, 1.54) is 0 Å². The summed E-state index contributed by atoms with van der Waals surface area (Å²) in [6.07, 6.45) is -1.23. The van der Waals surface area contributed by atoms with E-state index < -0.39 is 11.9 Å².